The monoisotopic (exact) mass is 521 g/mol. The van der Waals surface area contributed by atoms with Crippen LogP contribution in [0.2, 0.25) is 0 Å². The fraction of sp³-hybridized carbons (Fsp3) is 0.567. The lowest BCUT2D eigenvalue weighted by molar-refractivity contribution is -0.152. The molecule has 4 heterocycles. The van der Waals surface area contributed by atoms with E-state index in [1.807, 2.05) is 77.1 Å². The molecule has 3 amide bonds. The third-order valence-corrected chi connectivity index (χ3v) is 9.20. The standard InChI is InChI=1S/C30H39N3O5/c1-7-19(3)22(17-34)33-25-28(37)32(21-16-18(2)10-11-20(21)4)15-9-13-30(25)24(27(33)36)23-26(35)31(6)14-8-12-29(23,5)38-30/h8-13,16,19,22-25,34H,7,14-15,17H2,1-6H3/t19-,22-,23+,24-,25?,29-,30-/m0/s1. The quantitative estimate of drug-likeness (QED) is 0.602. The second-order valence-electron chi connectivity index (χ2n) is 11.6. The third-order valence-electron chi connectivity index (χ3n) is 9.20. The second kappa shape index (κ2) is 9.35. The first-order valence-electron chi connectivity index (χ1n) is 13.6. The minimum absolute atomic E-state index is 0.0622. The van der Waals surface area contributed by atoms with Gasteiger partial charge in [-0.15, -0.1) is 0 Å². The summed E-state index contributed by atoms with van der Waals surface area (Å²) in [6.07, 6.45) is 8.25. The number of aliphatic hydroxyl groups is 1. The molecule has 1 N–H and O–H groups in total. The minimum atomic E-state index is -1.33. The molecule has 4 aliphatic rings. The second-order valence-corrected chi connectivity index (χ2v) is 11.6. The number of benzene rings is 1. The maximum absolute atomic E-state index is 14.7. The predicted octanol–water partition coefficient (Wildman–Crippen LogP) is 2.61. The molecule has 0 radical (unpaired) electrons. The Morgan fingerprint density at radius 1 is 1.05 bits per heavy atom. The molecule has 38 heavy (non-hydrogen) atoms. The maximum atomic E-state index is 14.7. The van der Waals surface area contributed by atoms with Crippen molar-refractivity contribution in [2.24, 2.45) is 17.8 Å². The lowest BCUT2D eigenvalue weighted by atomic mass is 9.74. The largest absolute Gasteiger partial charge is 0.394 e. The highest BCUT2D eigenvalue weighted by Gasteiger charge is 2.75. The van der Waals surface area contributed by atoms with Crippen LogP contribution >= 0.6 is 0 Å². The summed E-state index contributed by atoms with van der Waals surface area (Å²) in [5.74, 6) is -2.46. The molecule has 4 aliphatic heterocycles. The molecule has 7 atom stereocenters. The Balaban J connectivity index is 1.72. The van der Waals surface area contributed by atoms with Crippen LogP contribution < -0.4 is 4.90 Å². The number of rotatable bonds is 5. The Kier molecular flexibility index (Phi) is 6.55. The number of likely N-dealkylation sites (N-methyl/N-ethyl adjacent to an activating group) is 1. The van der Waals surface area contributed by atoms with E-state index in [1.54, 1.807) is 21.7 Å². The Bertz CT molecular complexity index is 1230. The summed E-state index contributed by atoms with van der Waals surface area (Å²) in [5, 5.41) is 10.5. The zero-order valence-electron chi connectivity index (χ0n) is 23.2. The van der Waals surface area contributed by atoms with Crippen molar-refractivity contribution in [1.82, 2.24) is 9.80 Å². The van der Waals surface area contributed by atoms with Gasteiger partial charge in [-0.3, -0.25) is 14.4 Å². The van der Waals surface area contributed by atoms with Gasteiger partial charge in [0.1, 0.15) is 11.6 Å². The molecular formula is C30H39N3O5. The molecule has 0 aliphatic carbocycles. The topological polar surface area (TPSA) is 90.4 Å². The SMILES string of the molecule is CC[C@H](C)[C@H](CO)N1C(=O)[C@@H]2[C@@H]3C(=O)N(C)CC=C[C@]3(C)O[C@@]23C=CCN(c2cc(C)ccc2C)C(=O)C13. The van der Waals surface area contributed by atoms with Crippen molar-refractivity contribution >= 4 is 23.4 Å². The van der Waals surface area contributed by atoms with Gasteiger partial charge in [0.15, 0.2) is 0 Å². The van der Waals surface area contributed by atoms with Gasteiger partial charge < -0.3 is 24.5 Å². The molecule has 8 nitrogen and oxygen atoms in total. The summed E-state index contributed by atoms with van der Waals surface area (Å²) in [4.78, 5) is 47.8. The molecule has 0 saturated carbocycles. The first-order chi connectivity index (χ1) is 18.0. The number of nitrogens with zero attached hydrogens (tertiary/aromatic N) is 3. The van der Waals surface area contributed by atoms with E-state index in [0.29, 0.717) is 13.1 Å². The normalized spacial score (nSPS) is 34.1. The molecule has 8 heteroatoms. The van der Waals surface area contributed by atoms with Crippen molar-refractivity contribution in [3.63, 3.8) is 0 Å². The molecule has 1 aromatic rings. The van der Waals surface area contributed by atoms with Gasteiger partial charge in [0, 0.05) is 25.8 Å². The van der Waals surface area contributed by atoms with Crippen LogP contribution in [-0.4, -0.2) is 82.7 Å². The van der Waals surface area contributed by atoms with Crippen LogP contribution in [0.5, 0.6) is 0 Å². The van der Waals surface area contributed by atoms with Gasteiger partial charge in [-0.25, -0.2) is 0 Å². The molecular weight excluding hydrogens is 482 g/mol. The number of aryl methyl sites for hydroxylation is 2. The zero-order valence-corrected chi connectivity index (χ0v) is 23.2. The molecule has 2 fully saturated rings. The van der Waals surface area contributed by atoms with Gasteiger partial charge in [-0.05, 0) is 43.9 Å². The summed E-state index contributed by atoms with van der Waals surface area (Å²) in [6, 6.07) is 4.38. The number of amides is 3. The van der Waals surface area contributed by atoms with Gasteiger partial charge in [0.2, 0.25) is 11.8 Å². The highest BCUT2D eigenvalue weighted by Crippen LogP contribution is 2.58. The zero-order chi connectivity index (χ0) is 27.6. The molecule has 2 saturated heterocycles. The Labute approximate surface area is 224 Å². The van der Waals surface area contributed by atoms with Crippen LogP contribution in [0.1, 0.15) is 38.3 Å². The number of likely N-dealkylation sites (tertiary alicyclic amines) is 1. The number of hydrogen-bond acceptors (Lipinski definition) is 5. The van der Waals surface area contributed by atoms with Gasteiger partial charge in [0.05, 0.1) is 30.1 Å². The van der Waals surface area contributed by atoms with Crippen LogP contribution in [0.15, 0.2) is 42.5 Å². The van der Waals surface area contributed by atoms with E-state index in [0.717, 1.165) is 23.2 Å². The molecule has 5 rings (SSSR count). The highest BCUT2D eigenvalue weighted by atomic mass is 16.5. The van der Waals surface area contributed by atoms with E-state index >= 15 is 0 Å². The number of ether oxygens (including phenoxy) is 1. The number of carbonyl (C=O) groups is 3. The summed E-state index contributed by atoms with van der Waals surface area (Å²) in [5.41, 5.74) is 0.379. The molecule has 0 bridgehead atoms. The Hall–Kier alpha value is -2.97. The third kappa shape index (κ3) is 3.67. The van der Waals surface area contributed by atoms with Crippen molar-refractivity contribution in [3.8, 4) is 0 Å². The van der Waals surface area contributed by atoms with Crippen molar-refractivity contribution in [2.75, 3.05) is 31.6 Å². The summed E-state index contributed by atoms with van der Waals surface area (Å²) >= 11 is 0. The average molecular weight is 522 g/mol. The highest BCUT2D eigenvalue weighted by molar-refractivity contribution is 6.06. The van der Waals surface area contributed by atoms with E-state index in [2.05, 4.69) is 0 Å². The Morgan fingerprint density at radius 3 is 2.45 bits per heavy atom. The van der Waals surface area contributed by atoms with Crippen LogP contribution in [-0.2, 0) is 19.1 Å². The van der Waals surface area contributed by atoms with Crippen molar-refractivity contribution in [2.45, 2.75) is 64.3 Å². The molecule has 1 unspecified atom stereocenters. The fourth-order valence-corrected chi connectivity index (χ4v) is 6.98. The first kappa shape index (κ1) is 26.6. The number of fused-ring (bicyclic) bond motifs is 2. The van der Waals surface area contributed by atoms with Crippen LogP contribution in [0.25, 0.3) is 0 Å². The number of anilines is 1. The molecule has 1 aromatic carbocycles. The summed E-state index contributed by atoms with van der Waals surface area (Å²) in [7, 11) is 1.73. The fourth-order valence-electron chi connectivity index (χ4n) is 6.98. The smallest absolute Gasteiger partial charge is 0.253 e. The summed E-state index contributed by atoms with van der Waals surface area (Å²) < 4.78 is 6.85. The van der Waals surface area contributed by atoms with Crippen LogP contribution in [0.3, 0.4) is 0 Å². The van der Waals surface area contributed by atoms with Crippen molar-refractivity contribution in [3.05, 3.63) is 53.6 Å². The van der Waals surface area contributed by atoms with Gasteiger partial charge in [-0.2, -0.15) is 0 Å². The lowest BCUT2D eigenvalue weighted by Gasteiger charge is -2.41. The number of hydrogen-bond donors (Lipinski definition) is 1. The average Bonchev–Trinajstić information content (AvgIpc) is 3.16. The van der Waals surface area contributed by atoms with Gasteiger partial charge >= 0.3 is 0 Å². The van der Waals surface area contributed by atoms with E-state index < -0.39 is 35.1 Å². The van der Waals surface area contributed by atoms with Crippen molar-refractivity contribution < 1.29 is 24.2 Å². The minimum Gasteiger partial charge on any atom is -0.394 e. The molecule has 0 aromatic heterocycles. The van der Waals surface area contributed by atoms with Crippen LogP contribution in [0.4, 0.5) is 5.69 Å². The lowest BCUT2D eigenvalue weighted by Crippen LogP contribution is -2.60. The molecule has 204 valence electrons. The Morgan fingerprint density at radius 2 is 1.76 bits per heavy atom. The van der Waals surface area contributed by atoms with E-state index in [1.165, 1.54) is 0 Å². The first-order valence-corrected chi connectivity index (χ1v) is 13.6. The van der Waals surface area contributed by atoms with Gasteiger partial charge in [-0.1, -0.05) is 56.7 Å². The number of aliphatic hydroxyl groups excluding tert-OH is 1. The van der Waals surface area contributed by atoms with E-state index in [-0.39, 0.29) is 30.2 Å². The van der Waals surface area contributed by atoms with Crippen molar-refractivity contribution in [1.29, 1.82) is 0 Å². The predicted molar refractivity (Wildman–Crippen MR) is 144 cm³/mol. The molecule has 1 spiro atoms. The van der Waals surface area contributed by atoms with E-state index in [4.69, 9.17) is 4.74 Å². The number of carbonyl (C=O) groups excluding carboxylic acids is 3. The van der Waals surface area contributed by atoms with Gasteiger partial charge in [0.25, 0.3) is 5.91 Å². The maximum Gasteiger partial charge on any atom is 0.253 e. The van der Waals surface area contributed by atoms with E-state index in [9.17, 15) is 19.5 Å². The van der Waals surface area contributed by atoms with Crippen LogP contribution in [0, 0.1) is 31.6 Å². The summed E-state index contributed by atoms with van der Waals surface area (Å²) in [6.45, 7) is 10.2.